The molecule has 0 heterocycles. The van der Waals surface area contributed by atoms with Crippen molar-refractivity contribution in [1.82, 2.24) is 5.32 Å². The summed E-state index contributed by atoms with van der Waals surface area (Å²) in [5.74, 6) is 0. The van der Waals surface area contributed by atoms with Crippen LogP contribution in [0.15, 0.2) is 36.4 Å². The van der Waals surface area contributed by atoms with Gasteiger partial charge in [0.15, 0.2) is 0 Å². The summed E-state index contributed by atoms with van der Waals surface area (Å²) >= 11 is 0. The van der Waals surface area contributed by atoms with Crippen molar-refractivity contribution >= 4 is 6.08 Å². The zero-order valence-electron chi connectivity index (χ0n) is 14.4. The molecule has 0 atom stereocenters. The Morgan fingerprint density at radius 1 is 1.14 bits per heavy atom. The van der Waals surface area contributed by atoms with Crippen LogP contribution in [0.1, 0.15) is 57.4 Å². The van der Waals surface area contributed by atoms with E-state index in [2.05, 4.69) is 36.5 Å². The zero-order valence-corrected chi connectivity index (χ0v) is 14.4. The van der Waals surface area contributed by atoms with E-state index in [-0.39, 0.29) is 0 Å². The van der Waals surface area contributed by atoms with E-state index in [1.54, 1.807) is 7.11 Å². The molecule has 0 aliphatic heterocycles. The van der Waals surface area contributed by atoms with Gasteiger partial charge in [-0.2, -0.15) is 0 Å². The molecule has 1 aliphatic carbocycles. The van der Waals surface area contributed by atoms with Crippen LogP contribution in [0.5, 0.6) is 0 Å². The van der Waals surface area contributed by atoms with E-state index < -0.39 is 0 Å². The number of methoxy groups -OCH3 is 1. The molecule has 2 rings (SSSR count). The smallest absolute Gasteiger partial charge is 0.0496 e. The van der Waals surface area contributed by atoms with Crippen molar-refractivity contribution in [1.29, 1.82) is 0 Å². The lowest BCUT2D eigenvalue weighted by Gasteiger charge is -2.22. The topological polar surface area (TPSA) is 21.3 Å². The summed E-state index contributed by atoms with van der Waals surface area (Å²) in [7, 11) is 1.72. The Bertz CT molecular complexity index is 369. The average molecular weight is 303 g/mol. The molecule has 0 amide bonds. The molecule has 0 bridgehead atoms. The third-order valence-corrected chi connectivity index (χ3v) is 3.89. The van der Waals surface area contributed by atoms with Gasteiger partial charge in [0.1, 0.15) is 0 Å². The molecule has 0 saturated heterocycles. The van der Waals surface area contributed by atoms with Gasteiger partial charge in [0.25, 0.3) is 0 Å². The molecule has 0 radical (unpaired) electrons. The molecule has 1 saturated carbocycles. The summed E-state index contributed by atoms with van der Waals surface area (Å²) in [6, 6.07) is 11.1. The zero-order chi connectivity index (χ0) is 15.9. The number of rotatable bonds is 7. The van der Waals surface area contributed by atoms with E-state index >= 15 is 0 Å². The molecule has 0 spiro atoms. The fourth-order valence-corrected chi connectivity index (χ4v) is 2.62. The van der Waals surface area contributed by atoms with Crippen LogP contribution in [0.3, 0.4) is 0 Å². The normalized spacial score (nSPS) is 15.5. The van der Waals surface area contributed by atoms with Gasteiger partial charge in [-0.15, -0.1) is 0 Å². The first-order chi connectivity index (χ1) is 10.9. The minimum Gasteiger partial charge on any atom is -0.384 e. The fraction of sp³-hybridized carbons (Fsp3) is 0.600. The first-order valence-corrected chi connectivity index (χ1v) is 8.80. The van der Waals surface area contributed by atoms with Crippen LogP contribution in [0.4, 0.5) is 0 Å². The van der Waals surface area contributed by atoms with Crippen molar-refractivity contribution < 1.29 is 4.74 Å². The van der Waals surface area contributed by atoms with Crippen LogP contribution >= 0.6 is 0 Å². The molecule has 1 aliphatic rings. The largest absolute Gasteiger partial charge is 0.384 e. The molecule has 2 heteroatoms. The van der Waals surface area contributed by atoms with E-state index in [0.717, 1.165) is 19.1 Å². The molecule has 1 fully saturated rings. The van der Waals surface area contributed by atoms with Crippen LogP contribution < -0.4 is 5.32 Å². The number of nitrogens with one attached hydrogen (secondary N) is 1. The lowest BCUT2D eigenvalue weighted by molar-refractivity contribution is 0.204. The van der Waals surface area contributed by atoms with Crippen LogP contribution in [0.2, 0.25) is 0 Å². The Morgan fingerprint density at radius 3 is 2.50 bits per heavy atom. The van der Waals surface area contributed by atoms with E-state index in [0.29, 0.717) is 0 Å². The number of hydrogen-bond donors (Lipinski definition) is 1. The number of hydrogen-bond acceptors (Lipinski definition) is 2. The maximum absolute atomic E-state index is 4.93. The summed E-state index contributed by atoms with van der Waals surface area (Å²) in [4.78, 5) is 0. The Hall–Kier alpha value is -1.12. The van der Waals surface area contributed by atoms with Crippen molar-refractivity contribution in [3.8, 4) is 0 Å². The van der Waals surface area contributed by atoms with Crippen molar-refractivity contribution in [3.63, 3.8) is 0 Å². The Labute approximate surface area is 137 Å². The summed E-state index contributed by atoms with van der Waals surface area (Å²) in [5.41, 5.74) is 1.24. The molecule has 1 N–H and O–H groups in total. The maximum atomic E-state index is 4.93. The van der Waals surface area contributed by atoms with E-state index in [1.165, 1.54) is 50.6 Å². The molecular formula is C20H33NO. The van der Waals surface area contributed by atoms with Crippen LogP contribution in [-0.2, 0) is 4.74 Å². The van der Waals surface area contributed by atoms with Crippen molar-refractivity contribution in [2.45, 2.75) is 57.9 Å². The van der Waals surface area contributed by atoms with Crippen molar-refractivity contribution in [3.05, 3.63) is 42.0 Å². The van der Waals surface area contributed by atoms with Gasteiger partial charge in [0, 0.05) is 19.8 Å². The van der Waals surface area contributed by atoms with Crippen LogP contribution in [0.25, 0.3) is 6.08 Å². The van der Waals surface area contributed by atoms with Gasteiger partial charge in [-0.3, -0.25) is 0 Å². The average Bonchev–Trinajstić information content (AvgIpc) is 2.59. The Kier molecular flexibility index (Phi) is 11.6. The van der Waals surface area contributed by atoms with Gasteiger partial charge in [-0.1, -0.05) is 68.7 Å². The SMILES string of the molecule is CCCNC1CCCCC1.COCC/C=C\c1ccccc1. The van der Waals surface area contributed by atoms with Crippen molar-refractivity contribution in [2.24, 2.45) is 0 Å². The van der Waals surface area contributed by atoms with E-state index in [1.807, 2.05) is 18.2 Å². The number of ether oxygens (including phenoxy) is 1. The molecular weight excluding hydrogens is 270 g/mol. The van der Waals surface area contributed by atoms with Gasteiger partial charge in [0.05, 0.1) is 0 Å². The highest BCUT2D eigenvalue weighted by Crippen LogP contribution is 2.16. The summed E-state index contributed by atoms with van der Waals surface area (Å²) < 4.78 is 4.93. The molecule has 0 aromatic heterocycles. The third-order valence-electron chi connectivity index (χ3n) is 3.89. The van der Waals surface area contributed by atoms with E-state index in [4.69, 9.17) is 4.74 Å². The highest BCUT2D eigenvalue weighted by atomic mass is 16.5. The molecule has 2 nitrogen and oxygen atoms in total. The van der Waals surface area contributed by atoms with Crippen LogP contribution in [0, 0.1) is 0 Å². The molecule has 22 heavy (non-hydrogen) atoms. The Balaban J connectivity index is 0.000000224. The highest BCUT2D eigenvalue weighted by molar-refractivity contribution is 5.48. The third kappa shape index (κ3) is 9.75. The monoisotopic (exact) mass is 303 g/mol. The predicted molar refractivity (Wildman–Crippen MR) is 97.1 cm³/mol. The maximum Gasteiger partial charge on any atom is 0.0496 e. The van der Waals surface area contributed by atoms with E-state index in [9.17, 15) is 0 Å². The second-order valence-corrected chi connectivity index (χ2v) is 5.88. The predicted octanol–water partition coefficient (Wildman–Crippen LogP) is 5.06. The summed E-state index contributed by atoms with van der Waals surface area (Å²) in [6.45, 7) is 4.24. The molecule has 1 aromatic rings. The quantitative estimate of drug-likeness (QED) is 0.711. The summed E-state index contributed by atoms with van der Waals surface area (Å²) in [5, 5.41) is 3.57. The fourth-order valence-electron chi connectivity index (χ4n) is 2.62. The first-order valence-electron chi connectivity index (χ1n) is 8.80. The first kappa shape index (κ1) is 18.9. The van der Waals surface area contributed by atoms with Gasteiger partial charge in [-0.25, -0.2) is 0 Å². The summed E-state index contributed by atoms with van der Waals surface area (Å²) in [6.07, 6.45) is 13.7. The Morgan fingerprint density at radius 2 is 1.86 bits per heavy atom. The van der Waals surface area contributed by atoms with Gasteiger partial charge in [0.2, 0.25) is 0 Å². The van der Waals surface area contributed by atoms with Gasteiger partial charge < -0.3 is 10.1 Å². The second kappa shape index (κ2) is 13.5. The van der Waals surface area contributed by atoms with Gasteiger partial charge in [-0.05, 0) is 37.8 Å². The van der Waals surface area contributed by atoms with Crippen molar-refractivity contribution in [2.75, 3.05) is 20.3 Å². The lowest BCUT2D eigenvalue weighted by Crippen LogP contribution is -2.31. The highest BCUT2D eigenvalue weighted by Gasteiger charge is 2.10. The van der Waals surface area contributed by atoms with Gasteiger partial charge >= 0.3 is 0 Å². The minimum atomic E-state index is 0.795. The van der Waals surface area contributed by atoms with Crippen LogP contribution in [-0.4, -0.2) is 26.3 Å². The minimum absolute atomic E-state index is 0.795. The molecule has 1 aromatic carbocycles. The standard InChI is InChI=1S/C11H14O.C9H19N/c1-12-10-6-5-9-11-7-3-2-4-8-11;1-2-8-10-9-6-4-3-5-7-9/h2-5,7-9H,6,10H2,1H3;9-10H,2-8H2,1H3/b9-5-;. The number of benzene rings is 1. The lowest BCUT2D eigenvalue weighted by atomic mass is 9.95. The molecule has 124 valence electrons. The second-order valence-electron chi connectivity index (χ2n) is 5.88. The molecule has 0 unspecified atom stereocenters.